The van der Waals surface area contributed by atoms with Crippen molar-refractivity contribution in [3.8, 4) is 0 Å². The highest BCUT2D eigenvalue weighted by Gasteiger charge is 2.04. The first-order valence-electron chi connectivity index (χ1n) is 4.48. The van der Waals surface area contributed by atoms with E-state index in [2.05, 4.69) is 10.3 Å². The minimum atomic E-state index is -0.512. The van der Waals surface area contributed by atoms with Gasteiger partial charge in [0.05, 0.1) is 16.9 Å². The smallest absolute Gasteiger partial charge is 0.164 e. The SMILES string of the molecule is Fc1ccc(Nc2ccncc2F)cc1Cl. The van der Waals surface area contributed by atoms with E-state index in [-0.39, 0.29) is 10.7 Å². The Hall–Kier alpha value is -1.68. The molecule has 5 heteroatoms. The standard InChI is InChI=1S/C11H7ClF2N2/c12-8-5-7(1-2-9(8)13)16-11-3-4-15-6-10(11)14/h1-6H,(H,15,16). The second-order valence-corrected chi connectivity index (χ2v) is 3.52. The average Bonchev–Trinajstić information content (AvgIpc) is 2.27. The first kappa shape index (κ1) is 10.8. The zero-order valence-electron chi connectivity index (χ0n) is 8.05. The van der Waals surface area contributed by atoms with Crippen molar-refractivity contribution in [1.82, 2.24) is 4.98 Å². The molecule has 0 saturated heterocycles. The van der Waals surface area contributed by atoms with Gasteiger partial charge in [0.15, 0.2) is 5.82 Å². The summed E-state index contributed by atoms with van der Waals surface area (Å²) >= 11 is 5.60. The number of hydrogen-bond acceptors (Lipinski definition) is 2. The number of rotatable bonds is 2. The van der Waals surface area contributed by atoms with Crippen LogP contribution >= 0.6 is 11.6 Å². The number of halogens is 3. The van der Waals surface area contributed by atoms with E-state index in [0.717, 1.165) is 6.20 Å². The van der Waals surface area contributed by atoms with E-state index in [0.29, 0.717) is 5.69 Å². The van der Waals surface area contributed by atoms with E-state index in [1.807, 2.05) is 0 Å². The van der Waals surface area contributed by atoms with Gasteiger partial charge in [0.1, 0.15) is 5.82 Å². The minimum absolute atomic E-state index is 0.0144. The van der Waals surface area contributed by atoms with Crippen LogP contribution in [0.5, 0.6) is 0 Å². The molecule has 0 amide bonds. The van der Waals surface area contributed by atoms with Crippen LogP contribution in [0.2, 0.25) is 5.02 Å². The summed E-state index contributed by atoms with van der Waals surface area (Å²) in [6.07, 6.45) is 2.55. The lowest BCUT2D eigenvalue weighted by Gasteiger charge is -2.07. The monoisotopic (exact) mass is 240 g/mol. The molecule has 2 rings (SSSR count). The summed E-state index contributed by atoms with van der Waals surface area (Å²) in [6.45, 7) is 0. The highest BCUT2D eigenvalue weighted by Crippen LogP contribution is 2.23. The molecule has 0 radical (unpaired) electrons. The van der Waals surface area contributed by atoms with Gasteiger partial charge in [0, 0.05) is 11.9 Å². The quantitative estimate of drug-likeness (QED) is 0.865. The molecule has 16 heavy (non-hydrogen) atoms. The van der Waals surface area contributed by atoms with Crippen molar-refractivity contribution in [3.63, 3.8) is 0 Å². The minimum Gasteiger partial charge on any atom is -0.353 e. The van der Waals surface area contributed by atoms with E-state index < -0.39 is 11.6 Å². The van der Waals surface area contributed by atoms with Crippen LogP contribution in [0.1, 0.15) is 0 Å². The fourth-order valence-corrected chi connectivity index (χ4v) is 1.39. The molecule has 0 saturated carbocycles. The van der Waals surface area contributed by atoms with Gasteiger partial charge in [0.25, 0.3) is 0 Å². The Balaban J connectivity index is 2.28. The number of nitrogens with one attached hydrogen (secondary N) is 1. The Morgan fingerprint density at radius 1 is 1.12 bits per heavy atom. The summed E-state index contributed by atoms with van der Waals surface area (Å²) in [7, 11) is 0. The van der Waals surface area contributed by atoms with Crippen LogP contribution in [0.25, 0.3) is 0 Å². The van der Waals surface area contributed by atoms with E-state index in [1.54, 1.807) is 0 Å². The summed E-state index contributed by atoms with van der Waals surface area (Å²) in [4.78, 5) is 3.62. The van der Waals surface area contributed by atoms with Crippen LogP contribution in [-0.4, -0.2) is 4.98 Å². The molecular weight excluding hydrogens is 234 g/mol. The van der Waals surface area contributed by atoms with Crippen molar-refractivity contribution in [2.45, 2.75) is 0 Å². The first-order chi connectivity index (χ1) is 7.66. The molecule has 0 spiro atoms. The summed E-state index contributed by atoms with van der Waals surface area (Å²) in [5.41, 5.74) is 0.772. The number of benzene rings is 1. The molecule has 1 aromatic carbocycles. The summed E-state index contributed by atoms with van der Waals surface area (Å²) < 4.78 is 26.1. The van der Waals surface area contributed by atoms with Crippen molar-refractivity contribution in [2.24, 2.45) is 0 Å². The summed E-state index contributed by atoms with van der Waals surface area (Å²) in [5, 5.41) is 2.76. The molecule has 1 heterocycles. The normalized spacial score (nSPS) is 10.2. The van der Waals surface area contributed by atoms with Gasteiger partial charge in [0.2, 0.25) is 0 Å². The van der Waals surface area contributed by atoms with Gasteiger partial charge in [-0.25, -0.2) is 8.78 Å². The highest BCUT2D eigenvalue weighted by atomic mass is 35.5. The van der Waals surface area contributed by atoms with Crippen LogP contribution in [0.4, 0.5) is 20.2 Å². The molecule has 2 nitrogen and oxygen atoms in total. The molecule has 1 N–H and O–H groups in total. The van der Waals surface area contributed by atoms with Crippen LogP contribution in [-0.2, 0) is 0 Å². The number of pyridine rings is 1. The Bertz CT molecular complexity index is 517. The van der Waals surface area contributed by atoms with Crippen molar-refractivity contribution < 1.29 is 8.78 Å². The van der Waals surface area contributed by atoms with Gasteiger partial charge >= 0.3 is 0 Å². The fraction of sp³-hybridized carbons (Fsp3) is 0. The van der Waals surface area contributed by atoms with Crippen molar-refractivity contribution in [1.29, 1.82) is 0 Å². The molecule has 0 bridgehead atoms. The molecule has 0 unspecified atom stereocenters. The lowest BCUT2D eigenvalue weighted by molar-refractivity contribution is 0.625. The maximum Gasteiger partial charge on any atom is 0.164 e. The van der Waals surface area contributed by atoms with E-state index in [1.165, 1.54) is 30.5 Å². The Morgan fingerprint density at radius 2 is 1.94 bits per heavy atom. The van der Waals surface area contributed by atoms with Gasteiger partial charge in [-0.05, 0) is 24.3 Å². The lowest BCUT2D eigenvalue weighted by Crippen LogP contribution is -1.94. The van der Waals surface area contributed by atoms with Crippen LogP contribution in [0, 0.1) is 11.6 Å². The number of anilines is 2. The zero-order chi connectivity index (χ0) is 11.5. The van der Waals surface area contributed by atoms with Crippen molar-refractivity contribution in [2.75, 3.05) is 5.32 Å². The third-order valence-electron chi connectivity index (χ3n) is 1.97. The van der Waals surface area contributed by atoms with E-state index in [9.17, 15) is 8.78 Å². The maximum absolute atomic E-state index is 13.2. The number of hydrogen-bond donors (Lipinski definition) is 1. The van der Waals surface area contributed by atoms with Gasteiger partial charge in [-0.3, -0.25) is 4.98 Å². The maximum atomic E-state index is 13.2. The predicted molar refractivity (Wildman–Crippen MR) is 58.9 cm³/mol. The second-order valence-electron chi connectivity index (χ2n) is 3.11. The van der Waals surface area contributed by atoms with Gasteiger partial charge in [-0.15, -0.1) is 0 Å². The Morgan fingerprint density at radius 3 is 2.62 bits per heavy atom. The average molecular weight is 241 g/mol. The van der Waals surface area contributed by atoms with Gasteiger partial charge in [-0.1, -0.05) is 11.6 Å². The number of nitrogens with zero attached hydrogens (tertiary/aromatic N) is 1. The molecule has 0 aliphatic heterocycles. The molecule has 0 atom stereocenters. The second kappa shape index (κ2) is 4.45. The number of aromatic nitrogens is 1. The summed E-state index contributed by atoms with van der Waals surface area (Å²) in [5.74, 6) is -0.995. The predicted octanol–water partition coefficient (Wildman–Crippen LogP) is 3.76. The van der Waals surface area contributed by atoms with Crippen molar-refractivity contribution >= 4 is 23.0 Å². The molecule has 0 aliphatic carbocycles. The Kier molecular flexibility index (Phi) is 3.01. The molecule has 0 fully saturated rings. The van der Waals surface area contributed by atoms with Crippen molar-refractivity contribution in [3.05, 3.63) is 53.3 Å². The molecule has 2 aromatic rings. The van der Waals surface area contributed by atoms with Crippen LogP contribution in [0.15, 0.2) is 36.7 Å². The van der Waals surface area contributed by atoms with E-state index in [4.69, 9.17) is 11.6 Å². The zero-order valence-corrected chi connectivity index (χ0v) is 8.80. The molecule has 1 aromatic heterocycles. The highest BCUT2D eigenvalue weighted by molar-refractivity contribution is 6.31. The van der Waals surface area contributed by atoms with Crippen LogP contribution < -0.4 is 5.32 Å². The third-order valence-corrected chi connectivity index (χ3v) is 2.26. The molecule has 82 valence electrons. The molecular formula is C11H7ClF2N2. The largest absolute Gasteiger partial charge is 0.353 e. The topological polar surface area (TPSA) is 24.9 Å². The van der Waals surface area contributed by atoms with E-state index >= 15 is 0 Å². The van der Waals surface area contributed by atoms with Gasteiger partial charge < -0.3 is 5.32 Å². The lowest BCUT2D eigenvalue weighted by atomic mass is 10.3. The molecule has 0 aliphatic rings. The Labute approximate surface area is 95.9 Å². The van der Waals surface area contributed by atoms with Crippen LogP contribution in [0.3, 0.4) is 0 Å². The fourth-order valence-electron chi connectivity index (χ4n) is 1.21. The third kappa shape index (κ3) is 2.28. The first-order valence-corrected chi connectivity index (χ1v) is 4.86. The summed E-state index contributed by atoms with van der Waals surface area (Å²) in [6, 6.07) is 5.55. The van der Waals surface area contributed by atoms with Gasteiger partial charge in [-0.2, -0.15) is 0 Å².